The molecule has 6 nitrogen and oxygen atoms in total. The lowest BCUT2D eigenvalue weighted by atomic mass is 9.92. The first-order valence-corrected chi connectivity index (χ1v) is 10.5. The molecule has 0 radical (unpaired) electrons. The first-order valence-electron chi connectivity index (χ1n) is 9.29. The number of nitrogens with zero attached hydrogens (tertiary/aromatic N) is 2. The summed E-state index contributed by atoms with van der Waals surface area (Å²) in [7, 11) is 1.47. The second kappa shape index (κ2) is 9.10. The molecule has 1 heterocycles. The van der Waals surface area contributed by atoms with Gasteiger partial charge in [0, 0.05) is 13.1 Å². The molecule has 2 aromatic carbocycles. The Bertz CT molecular complexity index is 857. The van der Waals surface area contributed by atoms with Crippen molar-refractivity contribution in [2.75, 3.05) is 26.5 Å². The fraction of sp³-hybridized carbons (Fsp3) is 0.381. The number of ether oxygens (including phenoxy) is 1. The third kappa shape index (κ3) is 4.30. The van der Waals surface area contributed by atoms with Crippen LogP contribution in [0.25, 0.3) is 0 Å². The second-order valence-corrected chi connectivity index (χ2v) is 7.66. The van der Waals surface area contributed by atoms with Crippen molar-refractivity contribution in [1.29, 1.82) is 0 Å². The van der Waals surface area contributed by atoms with E-state index in [2.05, 4.69) is 12.1 Å². The van der Waals surface area contributed by atoms with Crippen LogP contribution >= 0.6 is 11.8 Å². The van der Waals surface area contributed by atoms with Gasteiger partial charge in [0.15, 0.2) is 0 Å². The fourth-order valence-corrected chi connectivity index (χ4v) is 4.30. The molecular formula is C21H24N2O4S. The number of carbonyl (C=O) groups excluding carboxylic acids is 1. The first-order chi connectivity index (χ1) is 13.5. The minimum Gasteiger partial charge on any atom is -0.495 e. The number of hydrogen-bond donors (Lipinski definition) is 0. The van der Waals surface area contributed by atoms with E-state index in [-0.39, 0.29) is 17.2 Å². The monoisotopic (exact) mass is 400 g/mol. The summed E-state index contributed by atoms with van der Waals surface area (Å²) in [6.07, 6.45) is 4.60. The van der Waals surface area contributed by atoms with Crippen LogP contribution in [-0.2, 0) is 0 Å². The zero-order chi connectivity index (χ0) is 20.1. The van der Waals surface area contributed by atoms with Crippen molar-refractivity contribution in [3.63, 3.8) is 0 Å². The topological polar surface area (TPSA) is 72.7 Å². The molecule has 1 amide bonds. The Morgan fingerprint density at radius 1 is 1.21 bits per heavy atom. The molecule has 148 valence electrons. The number of hydrogen-bond acceptors (Lipinski definition) is 5. The highest BCUT2D eigenvalue weighted by Crippen LogP contribution is 2.36. The molecule has 1 saturated heterocycles. The number of methoxy groups -OCH3 is 1. The summed E-state index contributed by atoms with van der Waals surface area (Å²) in [5.41, 5.74) is 1.22. The highest BCUT2D eigenvalue weighted by Gasteiger charge is 2.29. The van der Waals surface area contributed by atoms with Crippen LogP contribution in [0.2, 0.25) is 0 Å². The van der Waals surface area contributed by atoms with Gasteiger partial charge < -0.3 is 9.64 Å². The van der Waals surface area contributed by atoms with Gasteiger partial charge in [-0.1, -0.05) is 30.3 Å². The number of likely N-dealkylation sites (tertiary alicyclic amines) is 1. The van der Waals surface area contributed by atoms with Crippen LogP contribution in [0.4, 0.5) is 5.69 Å². The Balaban J connectivity index is 1.84. The largest absolute Gasteiger partial charge is 0.495 e. The van der Waals surface area contributed by atoms with Gasteiger partial charge in [0.25, 0.3) is 11.6 Å². The highest BCUT2D eigenvalue weighted by atomic mass is 32.2. The van der Waals surface area contributed by atoms with E-state index in [1.165, 1.54) is 30.5 Å². The maximum atomic E-state index is 13.2. The number of rotatable bonds is 5. The van der Waals surface area contributed by atoms with Crippen molar-refractivity contribution in [3.8, 4) is 5.75 Å². The van der Waals surface area contributed by atoms with Crippen LogP contribution < -0.4 is 4.74 Å². The lowest BCUT2D eigenvalue weighted by molar-refractivity contribution is -0.385. The van der Waals surface area contributed by atoms with E-state index >= 15 is 0 Å². The lowest BCUT2D eigenvalue weighted by Gasteiger charge is -2.21. The maximum Gasteiger partial charge on any atom is 0.285 e. The van der Waals surface area contributed by atoms with Gasteiger partial charge in [0.2, 0.25) is 0 Å². The Hall–Kier alpha value is -2.54. The highest BCUT2D eigenvalue weighted by molar-refractivity contribution is 7.98. The van der Waals surface area contributed by atoms with Gasteiger partial charge >= 0.3 is 0 Å². The quantitative estimate of drug-likeness (QED) is 0.412. The summed E-state index contributed by atoms with van der Waals surface area (Å²) >= 11 is 1.40. The first kappa shape index (κ1) is 20.2. The SMILES string of the molecule is COc1cc([N+](=O)[O-])c(C(=O)N2CCCC(c3ccccc3)CC2)cc1SC. The normalized spacial score (nSPS) is 17.1. The van der Waals surface area contributed by atoms with Crippen molar-refractivity contribution in [1.82, 2.24) is 4.90 Å². The maximum absolute atomic E-state index is 13.2. The number of nitro benzene ring substituents is 1. The molecule has 2 aromatic rings. The number of carbonyl (C=O) groups is 1. The Labute approximate surface area is 169 Å². The van der Waals surface area contributed by atoms with E-state index in [0.717, 1.165) is 19.3 Å². The summed E-state index contributed by atoms with van der Waals surface area (Å²) < 4.78 is 5.24. The molecule has 1 aliphatic heterocycles. The van der Waals surface area contributed by atoms with E-state index in [1.807, 2.05) is 24.5 Å². The minimum atomic E-state index is -0.509. The zero-order valence-electron chi connectivity index (χ0n) is 16.1. The molecule has 0 bridgehead atoms. The minimum absolute atomic E-state index is 0.133. The van der Waals surface area contributed by atoms with Gasteiger partial charge in [-0.2, -0.15) is 0 Å². The second-order valence-electron chi connectivity index (χ2n) is 6.81. The van der Waals surface area contributed by atoms with Crippen LogP contribution in [-0.4, -0.2) is 42.2 Å². The van der Waals surface area contributed by atoms with Crippen molar-refractivity contribution in [2.45, 2.75) is 30.1 Å². The van der Waals surface area contributed by atoms with Gasteiger partial charge in [0.05, 0.1) is 23.0 Å². The van der Waals surface area contributed by atoms with Crippen molar-refractivity contribution in [2.24, 2.45) is 0 Å². The molecule has 7 heteroatoms. The Kier molecular flexibility index (Phi) is 6.57. The van der Waals surface area contributed by atoms with Gasteiger partial charge in [-0.25, -0.2) is 0 Å². The summed E-state index contributed by atoms with van der Waals surface area (Å²) in [5.74, 6) is 0.542. The van der Waals surface area contributed by atoms with Crippen molar-refractivity contribution < 1.29 is 14.5 Å². The molecule has 0 N–H and O–H groups in total. The Morgan fingerprint density at radius 2 is 1.96 bits per heavy atom. The number of nitro groups is 1. The molecule has 0 aromatic heterocycles. The van der Waals surface area contributed by atoms with Crippen molar-refractivity contribution in [3.05, 3.63) is 63.7 Å². The fourth-order valence-electron chi connectivity index (χ4n) is 3.72. The third-order valence-electron chi connectivity index (χ3n) is 5.22. The lowest BCUT2D eigenvalue weighted by Crippen LogP contribution is -2.32. The molecule has 1 atom stereocenters. The van der Waals surface area contributed by atoms with Gasteiger partial charge in [0.1, 0.15) is 11.3 Å². The Morgan fingerprint density at radius 3 is 2.61 bits per heavy atom. The average molecular weight is 401 g/mol. The molecular weight excluding hydrogens is 376 g/mol. The average Bonchev–Trinajstić information content (AvgIpc) is 2.99. The predicted molar refractivity (Wildman–Crippen MR) is 110 cm³/mol. The molecule has 0 saturated carbocycles. The summed E-state index contributed by atoms with van der Waals surface area (Å²) in [6, 6.07) is 13.3. The van der Waals surface area contributed by atoms with Gasteiger partial charge in [-0.05, 0) is 43.1 Å². The van der Waals surface area contributed by atoms with Crippen LogP contribution in [0.5, 0.6) is 5.75 Å². The van der Waals surface area contributed by atoms with Crippen LogP contribution in [0, 0.1) is 10.1 Å². The standard InChI is InChI=1S/C21H24N2O4S/c1-27-19-14-18(23(25)26)17(13-20(19)28-2)21(24)22-11-6-9-16(10-12-22)15-7-4-3-5-8-15/h3-5,7-8,13-14,16H,6,9-12H2,1-2H3. The van der Waals surface area contributed by atoms with Gasteiger partial charge in [-0.15, -0.1) is 11.8 Å². The third-order valence-corrected chi connectivity index (χ3v) is 5.97. The van der Waals surface area contributed by atoms with E-state index < -0.39 is 4.92 Å². The van der Waals surface area contributed by atoms with E-state index in [1.54, 1.807) is 11.0 Å². The van der Waals surface area contributed by atoms with Gasteiger partial charge in [-0.3, -0.25) is 14.9 Å². The van der Waals surface area contributed by atoms with Crippen LogP contribution in [0.15, 0.2) is 47.4 Å². The summed E-state index contributed by atoms with van der Waals surface area (Å²) in [5, 5.41) is 11.6. The smallest absolute Gasteiger partial charge is 0.285 e. The molecule has 3 rings (SSSR count). The molecule has 0 spiro atoms. The van der Waals surface area contributed by atoms with Crippen LogP contribution in [0.3, 0.4) is 0 Å². The van der Waals surface area contributed by atoms with E-state index in [4.69, 9.17) is 4.74 Å². The predicted octanol–water partition coefficient (Wildman–Crippen LogP) is 4.74. The summed E-state index contributed by atoms with van der Waals surface area (Å²) in [4.78, 5) is 26.7. The molecule has 1 fully saturated rings. The molecule has 28 heavy (non-hydrogen) atoms. The summed E-state index contributed by atoms with van der Waals surface area (Å²) in [6.45, 7) is 1.20. The molecule has 0 aliphatic carbocycles. The molecule has 1 aliphatic rings. The number of amides is 1. The number of benzene rings is 2. The van der Waals surface area contributed by atoms with Crippen molar-refractivity contribution >= 4 is 23.4 Å². The molecule has 1 unspecified atom stereocenters. The zero-order valence-corrected chi connectivity index (χ0v) is 16.9. The van der Waals surface area contributed by atoms with E-state index in [9.17, 15) is 14.9 Å². The van der Waals surface area contributed by atoms with E-state index in [0.29, 0.717) is 29.7 Å². The van der Waals surface area contributed by atoms with Crippen LogP contribution in [0.1, 0.15) is 41.1 Å². The number of thioether (sulfide) groups is 1.